The molecule has 1 fully saturated rings. The highest BCUT2D eigenvalue weighted by atomic mass is 16.5. The van der Waals surface area contributed by atoms with Crippen molar-refractivity contribution in [2.45, 2.75) is 39.2 Å². The summed E-state index contributed by atoms with van der Waals surface area (Å²) in [7, 11) is 1.74. The molecule has 23 heavy (non-hydrogen) atoms. The Kier molecular flexibility index (Phi) is 4.96. The lowest BCUT2D eigenvalue weighted by Gasteiger charge is -2.35. The predicted molar refractivity (Wildman–Crippen MR) is 88.4 cm³/mol. The predicted octanol–water partition coefficient (Wildman–Crippen LogP) is 3.40. The molecule has 0 aliphatic carbocycles. The molecule has 1 saturated heterocycles. The molecule has 3 rings (SSSR count). The summed E-state index contributed by atoms with van der Waals surface area (Å²) in [6, 6.07) is 8.50. The smallest absolute Gasteiger partial charge is 0.243 e. The van der Waals surface area contributed by atoms with Crippen molar-refractivity contribution >= 4 is 0 Å². The van der Waals surface area contributed by atoms with Crippen molar-refractivity contribution in [2.24, 2.45) is 5.92 Å². The van der Waals surface area contributed by atoms with E-state index < -0.39 is 0 Å². The molecular weight excluding hydrogens is 290 g/mol. The summed E-state index contributed by atoms with van der Waals surface area (Å²) in [6.07, 6.45) is 3.51. The van der Waals surface area contributed by atoms with Gasteiger partial charge < -0.3 is 9.26 Å². The first-order valence-electron chi connectivity index (χ1n) is 8.33. The number of piperidine rings is 1. The summed E-state index contributed by atoms with van der Waals surface area (Å²) < 4.78 is 10.8. The molecule has 5 heteroatoms. The fourth-order valence-electron chi connectivity index (χ4n) is 3.44. The number of rotatable bonds is 5. The number of para-hydroxylation sites is 1. The van der Waals surface area contributed by atoms with Gasteiger partial charge in [-0.1, -0.05) is 23.4 Å². The number of hydrogen-bond donors (Lipinski definition) is 0. The van der Waals surface area contributed by atoms with Crippen molar-refractivity contribution in [3.8, 4) is 5.75 Å². The first-order valence-corrected chi connectivity index (χ1v) is 8.33. The maximum absolute atomic E-state index is 5.49. The standard InChI is InChI=1S/C18H25N3O2/c1-13(18-19-14(2)20-23-18)21-10-6-7-15(12-21)11-16-8-4-5-9-17(16)22-3/h4-5,8-9,13,15H,6-7,10-12H2,1-3H3/t13-,15+/m1/s1. The third-order valence-electron chi connectivity index (χ3n) is 4.70. The highest BCUT2D eigenvalue weighted by Gasteiger charge is 2.27. The molecule has 0 unspecified atom stereocenters. The fraction of sp³-hybridized carbons (Fsp3) is 0.556. The van der Waals surface area contributed by atoms with Gasteiger partial charge in [0.1, 0.15) is 5.75 Å². The summed E-state index contributed by atoms with van der Waals surface area (Å²) in [5, 5.41) is 3.91. The van der Waals surface area contributed by atoms with E-state index in [4.69, 9.17) is 9.26 Å². The zero-order valence-electron chi connectivity index (χ0n) is 14.2. The molecule has 1 aromatic carbocycles. The van der Waals surface area contributed by atoms with Crippen LogP contribution in [0.5, 0.6) is 5.75 Å². The van der Waals surface area contributed by atoms with Crippen LogP contribution < -0.4 is 4.74 Å². The number of benzene rings is 1. The quantitative estimate of drug-likeness (QED) is 0.846. The molecule has 124 valence electrons. The zero-order valence-corrected chi connectivity index (χ0v) is 14.2. The molecule has 0 spiro atoms. The van der Waals surface area contributed by atoms with Crippen LogP contribution in [0.1, 0.15) is 43.1 Å². The molecule has 0 amide bonds. The molecule has 1 aromatic heterocycles. The van der Waals surface area contributed by atoms with Crippen LogP contribution in [0.25, 0.3) is 0 Å². The Hall–Kier alpha value is -1.88. The van der Waals surface area contributed by atoms with E-state index in [0.29, 0.717) is 11.7 Å². The highest BCUT2D eigenvalue weighted by molar-refractivity contribution is 5.33. The van der Waals surface area contributed by atoms with E-state index in [2.05, 4.69) is 34.1 Å². The maximum atomic E-state index is 5.49. The summed E-state index contributed by atoms with van der Waals surface area (Å²) >= 11 is 0. The molecule has 2 atom stereocenters. The van der Waals surface area contributed by atoms with Gasteiger partial charge in [0, 0.05) is 6.54 Å². The number of aromatic nitrogens is 2. The second-order valence-electron chi connectivity index (χ2n) is 6.37. The summed E-state index contributed by atoms with van der Waals surface area (Å²) in [6.45, 7) is 6.16. The highest BCUT2D eigenvalue weighted by Crippen LogP contribution is 2.29. The largest absolute Gasteiger partial charge is 0.496 e. The number of aryl methyl sites for hydroxylation is 1. The van der Waals surface area contributed by atoms with E-state index in [0.717, 1.165) is 31.2 Å². The molecule has 2 aromatic rings. The van der Waals surface area contributed by atoms with E-state index in [-0.39, 0.29) is 6.04 Å². The first kappa shape index (κ1) is 16.0. The third kappa shape index (κ3) is 3.72. The number of likely N-dealkylation sites (tertiary alicyclic amines) is 1. The second-order valence-corrected chi connectivity index (χ2v) is 6.37. The van der Waals surface area contributed by atoms with Gasteiger partial charge >= 0.3 is 0 Å². The lowest BCUT2D eigenvalue weighted by molar-refractivity contribution is 0.111. The Morgan fingerprint density at radius 1 is 1.39 bits per heavy atom. The van der Waals surface area contributed by atoms with E-state index in [1.807, 2.05) is 19.1 Å². The Labute approximate surface area is 137 Å². The molecule has 0 radical (unpaired) electrons. The topological polar surface area (TPSA) is 51.4 Å². The van der Waals surface area contributed by atoms with Gasteiger partial charge in [0.25, 0.3) is 0 Å². The summed E-state index contributed by atoms with van der Waals surface area (Å²) in [5.41, 5.74) is 1.29. The van der Waals surface area contributed by atoms with E-state index in [1.165, 1.54) is 18.4 Å². The third-order valence-corrected chi connectivity index (χ3v) is 4.70. The number of ether oxygens (including phenoxy) is 1. The molecule has 1 aliphatic rings. The van der Waals surface area contributed by atoms with Crippen LogP contribution in [-0.4, -0.2) is 35.2 Å². The molecule has 0 N–H and O–H groups in total. The molecule has 1 aliphatic heterocycles. The molecule has 0 saturated carbocycles. The van der Waals surface area contributed by atoms with Crippen molar-refractivity contribution in [1.29, 1.82) is 0 Å². The Morgan fingerprint density at radius 3 is 2.96 bits per heavy atom. The van der Waals surface area contributed by atoms with Crippen LogP contribution in [0.3, 0.4) is 0 Å². The van der Waals surface area contributed by atoms with Crippen LogP contribution in [0.4, 0.5) is 0 Å². The van der Waals surface area contributed by atoms with E-state index in [1.54, 1.807) is 7.11 Å². The lowest BCUT2D eigenvalue weighted by atomic mass is 9.90. The number of nitrogens with zero attached hydrogens (tertiary/aromatic N) is 3. The molecular formula is C18H25N3O2. The van der Waals surface area contributed by atoms with Crippen LogP contribution >= 0.6 is 0 Å². The average molecular weight is 315 g/mol. The first-order chi connectivity index (χ1) is 11.2. The van der Waals surface area contributed by atoms with Gasteiger partial charge in [-0.2, -0.15) is 4.98 Å². The van der Waals surface area contributed by atoms with Crippen molar-refractivity contribution in [1.82, 2.24) is 15.0 Å². The van der Waals surface area contributed by atoms with Gasteiger partial charge in [0.15, 0.2) is 5.82 Å². The monoisotopic (exact) mass is 315 g/mol. The minimum absolute atomic E-state index is 0.177. The van der Waals surface area contributed by atoms with Crippen molar-refractivity contribution in [3.05, 3.63) is 41.5 Å². The van der Waals surface area contributed by atoms with E-state index in [9.17, 15) is 0 Å². The van der Waals surface area contributed by atoms with Gasteiger partial charge in [-0.25, -0.2) is 0 Å². The summed E-state index contributed by atoms with van der Waals surface area (Å²) in [4.78, 5) is 6.84. The lowest BCUT2D eigenvalue weighted by Crippen LogP contribution is -2.38. The van der Waals surface area contributed by atoms with Crippen LogP contribution in [0.15, 0.2) is 28.8 Å². The Morgan fingerprint density at radius 2 is 2.22 bits per heavy atom. The Bertz CT molecular complexity index is 641. The average Bonchev–Trinajstić information content (AvgIpc) is 3.01. The van der Waals surface area contributed by atoms with Crippen LogP contribution in [0, 0.1) is 12.8 Å². The number of hydrogen-bond acceptors (Lipinski definition) is 5. The van der Waals surface area contributed by atoms with Gasteiger partial charge in [-0.15, -0.1) is 0 Å². The van der Waals surface area contributed by atoms with E-state index >= 15 is 0 Å². The van der Waals surface area contributed by atoms with Crippen molar-refractivity contribution in [2.75, 3.05) is 20.2 Å². The SMILES string of the molecule is COc1ccccc1C[C@@H]1CCCN([C@H](C)c2nc(C)no2)C1. The molecule has 2 heterocycles. The van der Waals surface area contributed by atoms with Crippen molar-refractivity contribution < 1.29 is 9.26 Å². The fourth-order valence-corrected chi connectivity index (χ4v) is 3.44. The summed E-state index contributed by atoms with van der Waals surface area (Å²) in [5.74, 6) is 3.05. The van der Waals surface area contributed by atoms with Crippen molar-refractivity contribution in [3.63, 3.8) is 0 Å². The zero-order chi connectivity index (χ0) is 16.2. The normalized spacial score (nSPS) is 20.4. The number of methoxy groups -OCH3 is 1. The molecule has 0 bridgehead atoms. The second kappa shape index (κ2) is 7.13. The van der Waals surface area contributed by atoms with Gasteiger partial charge in [0.05, 0.1) is 13.2 Å². The van der Waals surface area contributed by atoms with Gasteiger partial charge in [-0.3, -0.25) is 4.90 Å². The minimum atomic E-state index is 0.177. The Balaban J connectivity index is 1.66. The minimum Gasteiger partial charge on any atom is -0.496 e. The van der Waals surface area contributed by atoms with Crippen LogP contribution in [0.2, 0.25) is 0 Å². The molecule has 5 nitrogen and oxygen atoms in total. The van der Waals surface area contributed by atoms with Gasteiger partial charge in [0.2, 0.25) is 5.89 Å². The van der Waals surface area contributed by atoms with Gasteiger partial charge in [-0.05, 0) is 57.2 Å². The maximum Gasteiger partial charge on any atom is 0.243 e. The van der Waals surface area contributed by atoms with Crippen LogP contribution in [-0.2, 0) is 6.42 Å².